The predicted octanol–water partition coefficient (Wildman–Crippen LogP) is 3.15. The molecule has 6 heteroatoms. The van der Waals surface area contributed by atoms with Crippen LogP contribution >= 0.6 is 12.6 Å². The van der Waals surface area contributed by atoms with Crippen LogP contribution in [-0.4, -0.2) is 35.5 Å². The Hall–Kier alpha value is -1.24. The summed E-state index contributed by atoms with van der Waals surface area (Å²) in [5.41, 5.74) is 1.06. The monoisotopic (exact) mass is 320 g/mol. The van der Waals surface area contributed by atoms with Crippen molar-refractivity contribution in [1.82, 2.24) is 0 Å². The van der Waals surface area contributed by atoms with Crippen LogP contribution in [0, 0.1) is 0 Å². The number of phenolic OH excluding ortho intramolecular Hbond substituents is 1. The Kier molecular flexibility index (Phi) is 4.75. The number of carbonyl (C=O) groups is 1. The number of benzene rings is 1. The summed E-state index contributed by atoms with van der Waals surface area (Å²) in [6.07, 6.45) is 2.49. The molecule has 1 heterocycles. The van der Waals surface area contributed by atoms with Crippen LogP contribution in [0.5, 0.6) is 5.75 Å². The molecule has 1 aliphatic rings. The summed E-state index contributed by atoms with van der Waals surface area (Å²) in [4.78, 5) is 10.7. The Balaban J connectivity index is 2.29. The molecule has 1 fully saturated rings. The Morgan fingerprint density at radius 2 is 1.86 bits per heavy atom. The van der Waals surface area contributed by atoms with E-state index in [1.807, 2.05) is 33.8 Å². The zero-order valence-electron chi connectivity index (χ0n) is 13.3. The molecule has 0 aromatic heterocycles. The molecule has 1 N–H and O–H groups in total. The first kappa shape index (κ1) is 17.1. The van der Waals surface area contributed by atoms with Crippen molar-refractivity contribution in [1.29, 1.82) is 0 Å². The first-order chi connectivity index (χ1) is 10.2. The molecular weight excluding hydrogens is 299 g/mol. The van der Waals surface area contributed by atoms with Gasteiger partial charge in [0.25, 0.3) is 0 Å². The average molecular weight is 320 g/mol. The van der Waals surface area contributed by atoms with Gasteiger partial charge in [0.15, 0.2) is 6.29 Å². The van der Waals surface area contributed by atoms with Crippen LogP contribution in [0.1, 0.15) is 43.6 Å². The third kappa shape index (κ3) is 3.24. The maximum Gasteiger partial charge on any atom is 0.491 e. The highest BCUT2D eigenvalue weighted by Crippen LogP contribution is 2.39. The van der Waals surface area contributed by atoms with Crippen LogP contribution in [0.3, 0.4) is 0 Å². The fraction of sp³-hybridized carbons (Fsp3) is 0.438. The Morgan fingerprint density at radius 1 is 1.27 bits per heavy atom. The van der Waals surface area contributed by atoms with Crippen molar-refractivity contribution in [2.75, 3.05) is 5.75 Å². The minimum Gasteiger partial charge on any atom is -0.507 e. The second kappa shape index (κ2) is 6.10. The maximum atomic E-state index is 10.7. The van der Waals surface area contributed by atoms with Crippen molar-refractivity contribution in [2.45, 2.75) is 38.9 Å². The van der Waals surface area contributed by atoms with Gasteiger partial charge in [-0.2, -0.15) is 12.6 Å². The molecule has 118 valence electrons. The van der Waals surface area contributed by atoms with E-state index >= 15 is 0 Å². The second-order valence-electron chi connectivity index (χ2n) is 6.40. The first-order valence-corrected chi connectivity index (χ1v) is 7.78. The number of hydrogen-bond acceptors (Lipinski definition) is 5. The van der Waals surface area contributed by atoms with E-state index in [0.29, 0.717) is 12.0 Å². The Bertz CT molecular complexity index is 594. The van der Waals surface area contributed by atoms with Crippen LogP contribution in [0.4, 0.5) is 0 Å². The minimum atomic E-state index is -0.476. The molecule has 2 rings (SSSR count). The molecule has 22 heavy (non-hydrogen) atoms. The second-order valence-corrected chi connectivity index (χ2v) is 6.72. The lowest BCUT2D eigenvalue weighted by Gasteiger charge is -2.32. The topological polar surface area (TPSA) is 55.8 Å². The molecule has 0 spiro atoms. The molecule has 0 radical (unpaired) electrons. The molecule has 0 unspecified atom stereocenters. The first-order valence-electron chi connectivity index (χ1n) is 7.15. The summed E-state index contributed by atoms with van der Waals surface area (Å²) in [7, 11) is -0.476. The molecule has 0 amide bonds. The van der Waals surface area contributed by atoms with Crippen LogP contribution < -0.4 is 0 Å². The molecule has 0 saturated carbocycles. The number of rotatable bonds is 4. The number of carbonyl (C=O) groups excluding carboxylic acids is 1. The summed E-state index contributed by atoms with van der Waals surface area (Å²) in [6.45, 7) is 7.98. The van der Waals surface area contributed by atoms with Crippen molar-refractivity contribution in [2.24, 2.45) is 0 Å². The molecule has 0 atom stereocenters. The van der Waals surface area contributed by atoms with Crippen LogP contribution in [-0.2, 0) is 9.31 Å². The van der Waals surface area contributed by atoms with E-state index in [-0.39, 0.29) is 11.3 Å². The highest BCUT2D eigenvalue weighted by atomic mass is 32.1. The van der Waals surface area contributed by atoms with Crippen molar-refractivity contribution in [3.8, 4) is 5.75 Å². The van der Waals surface area contributed by atoms with Gasteiger partial charge >= 0.3 is 7.12 Å². The highest BCUT2D eigenvalue weighted by molar-refractivity contribution is 7.80. The lowest BCUT2D eigenvalue weighted by Crippen LogP contribution is -2.41. The molecule has 1 aliphatic heterocycles. The SMILES string of the molecule is CC1(C)OB(C(=Cc2ccc(C=O)c(O)c2)CS)OC1(C)C. The zero-order valence-corrected chi connectivity index (χ0v) is 14.2. The molecule has 0 bridgehead atoms. The fourth-order valence-corrected chi connectivity index (χ4v) is 2.39. The van der Waals surface area contributed by atoms with Gasteiger partial charge in [0.05, 0.1) is 16.8 Å². The minimum absolute atomic E-state index is 0.0452. The normalized spacial score (nSPS) is 20.2. The van der Waals surface area contributed by atoms with Gasteiger partial charge in [-0.1, -0.05) is 12.1 Å². The summed E-state index contributed by atoms with van der Waals surface area (Å²) < 4.78 is 12.0. The van der Waals surface area contributed by atoms with Crippen LogP contribution in [0.25, 0.3) is 6.08 Å². The smallest absolute Gasteiger partial charge is 0.491 e. The standard InChI is InChI=1S/C16H21BO4S/c1-15(2)16(3,4)21-17(20-15)13(10-22)7-11-5-6-12(9-18)14(19)8-11/h5-9,19,22H,10H2,1-4H3. The van der Waals surface area contributed by atoms with Gasteiger partial charge in [-0.15, -0.1) is 0 Å². The average Bonchev–Trinajstić information content (AvgIpc) is 2.65. The van der Waals surface area contributed by atoms with E-state index in [4.69, 9.17) is 9.31 Å². The molecule has 1 saturated heterocycles. The van der Waals surface area contributed by atoms with Gasteiger partial charge in [-0.3, -0.25) is 4.79 Å². The quantitative estimate of drug-likeness (QED) is 0.508. The molecular formula is C16H21BO4S. The van der Waals surface area contributed by atoms with E-state index in [9.17, 15) is 9.90 Å². The summed E-state index contributed by atoms with van der Waals surface area (Å²) in [5.74, 6) is 0.420. The lowest BCUT2D eigenvalue weighted by molar-refractivity contribution is 0.00578. The third-order valence-electron chi connectivity index (χ3n) is 4.27. The van der Waals surface area contributed by atoms with Gasteiger partial charge in [0, 0.05) is 5.75 Å². The van der Waals surface area contributed by atoms with Crippen molar-refractivity contribution in [3.05, 3.63) is 34.8 Å². The number of thiol groups is 1. The van der Waals surface area contributed by atoms with E-state index in [1.54, 1.807) is 18.2 Å². The van der Waals surface area contributed by atoms with Gasteiger partial charge in [0.2, 0.25) is 0 Å². The summed E-state index contributed by atoms with van der Waals surface area (Å²) in [5, 5.41) is 9.77. The highest BCUT2D eigenvalue weighted by Gasteiger charge is 2.52. The van der Waals surface area contributed by atoms with E-state index in [1.165, 1.54) is 0 Å². The van der Waals surface area contributed by atoms with Gasteiger partial charge in [-0.05, 0) is 50.9 Å². The van der Waals surface area contributed by atoms with Crippen LogP contribution in [0.2, 0.25) is 0 Å². The number of hydrogen-bond donors (Lipinski definition) is 2. The summed E-state index contributed by atoms with van der Waals surface area (Å²) in [6, 6.07) is 4.88. The van der Waals surface area contributed by atoms with E-state index in [0.717, 1.165) is 11.0 Å². The van der Waals surface area contributed by atoms with Crippen molar-refractivity contribution >= 4 is 32.1 Å². The predicted molar refractivity (Wildman–Crippen MR) is 91.4 cm³/mol. The molecule has 0 aliphatic carbocycles. The number of aromatic hydroxyl groups is 1. The van der Waals surface area contributed by atoms with Gasteiger partial charge in [0.1, 0.15) is 5.75 Å². The lowest BCUT2D eigenvalue weighted by atomic mass is 9.78. The fourth-order valence-electron chi connectivity index (χ4n) is 2.15. The molecule has 1 aromatic carbocycles. The zero-order chi connectivity index (χ0) is 16.5. The summed E-state index contributed by atoms with van der Waals surface area (Å²) >= 11 is 4.35. The van der Waals surface area contributed by atoms with Crippen molar-refractivity contribution in [3.63, 3.8) is 0 Å². The third-order valence-corrected chi connectivity index (χ3v) is 4.64. The van der Waals surface area contributed by atoms with E-state index in [2.05, 4.69) is 12.6 Å². The van der Waals surface area contributed by atoms with Crippen LogP contribution in [0.15, 0.2) is 23.7 Å². The van der Waals surface area contributed by atoms with Crippen molar-refractivity contribution < 1.29 is 19.2 Å². The maximum absolute atomic E-state index is 10.7. The Labute approximate surface area is 137 Å². The largest absolute Gasteiger partial charge is 0.507 e. The van der Waals surface area contributed by atoms with E-state index < -0.39 is 18.3 Å². The molecule has 4 nitrogen and oxygen atoms in total. The number of phenols is 1. The molecule has 1 aromatic rings. The van der Waals surface area contributed by atoms with Gasteiger partial charge < -0.3 is 14.4 Å². The Morgan fingerprint density at radius 3 is 2.32 bits per heavy atom. The van der Waals surface area contributed by atoms with Gasteiger partial charge in [-0.25, -0.2) is 0 Å². The number of aldehydes is 1.